The average Bonchev–Trinajstić information content (AvgIpc) is 2.65. The van der Waals surface area contributed by atoms with Gasteiger partial charge in [0.2, 0.25) is 11.8 Å². The monoisotopic (exact) mass is 437 g/mol. The van der Waals surface area contributed by atoms with Crippen LogP contribution in [0.5, 0.6) is 0 Å². The van der Waals surface area contributed by atoms with Gasteiger partial charge in [-0.15, -0.1) is 0 Å². The summed E-state index contributed by atoms with van der Waals surface area (Å²) in [5, 5.41) is 2.77. The summed E-state index contributed by atoms with van der Waals surface area (Å²) in [6.07, 6.45) is 0.203. The van der Waals surface area contributed by atoms with Crippen molar-refractivity contribution in [1.29, 1.82) is 0 Å². The molecular formula is C22H35N3O6. The number of primary amides is 2. The maximum Gasteiger partial charge on any atom is 0.407 e. The summed E-state index contributed by atoms with van der Waals surface area (Å²) < 4.78 is 16.4. The van der Waals surface area contributed by atoms with Crippen LogP contribution in [0.4, 0.5) is 4.79 Å². The Labute approximate surface area is 183 Å². The van der Waals surface area contributed by atoms with Crippen molar-refractivity contribution in [3.63, 3.8) is 0 Å². The minimum atomic E-state index is -0.630. The van der Waals surface area contributed by atoms with Crippen molar-refractivity contribution in [2.75, 3.05) is 13.2 Å². The molecule has 5 N–H and O–H groups in total. The van der Waals surface area contributed by atoms with Gasteiger partial charge in [0, 0.05) is 6.42 Å². The van der Waals surface area contributed by atoms with Crippen molar-refractivity contribution < 1.29 is 28.6 Å². The first-order valence-electron chi connectivity index (χ1n) is 10.3. The lowest BCUT2D eigenvalue weighted by Crippen LogP contribution is -2.45. The second-order valence-electron chi connectivity index (χ2n) is 8.36. The molecule has 0 saturated heterocycles. The number of rotatable bonds is 13. The van der Waals surface area contributed by atoms with E-state index >= 15 is 0 Å². The molecule has 174 valence electrons. The minimum Gasteiger partial charge on any atom is -0.444 e. The summed E-state index contributed by atoms with van der Waals surface area (Å²) in [6, 6.07) is 7.37. The van der Waals surface area contributed by atoms with Crippen LogP contribution in [0.15, 0.2) is 24.3 Å². The van der Waals surface area contributed by atoms with Crippen molar-refractivity contribution in [3.8, 4) is 0 Å². The highest BCUT2D eigenvalue weighted by Crippen LogP contribution is 2.13. The molecule has 0 aliphatic heterocycles. The highest BCUT2D eigenvalue weighted by Gasteiger charge is 2.24. The summed E-state index contributed by atoms with van der Waals surface area (Å²) in [6.45, 7) is 7.82. The van der Waals surface area contributed by atoms with E-state index in [0.717, 1.165) is 11.1 Å². The third-order valence-electron chi connectivity index (χ3n) is 4.29. The Morgan fingerprint density at radius 2 is 1.65 bits per heavy atom. The summed E-state index contributed by atoms with van der Waals surface area (Å²) in [4.78, 5) is 34.0. The van der Waals surface area contributed by atoms with Gasteiger partial charge in [0.25, 0.3) is 0 Å². The molecule has 3 amide bonds. The summed E-state index contributed by atoms with van der Waals surface area (Å²) in [5.74, 6) is -0.935. The van der Waals surface area contributed by atoms with E-state index in [1.54, 1.807) is 20.8 Å². The summed E-state index contributed by atoms with van der Waals surface area (Å²) in [7, 11) is 0. The van der Waals surface area contributed by atoms with E-state index < -0.39 is 29.6 Å². The van der Waals surface area contributed by atoms with Gasteiger partial charge in [-0.25, -0.2) is 4.79 Å². The summed E-state index contributed by atoms with van der Waals surface area (Å²) in [5.41, 5.74) is 11.7. The van der Waals surface area contributed by atoms with Crippen molar-refractivity contribution in [2.45, 2.75) is 71.3 Å². The van der Waals surface area contributed by atoms with Crippen molar-refractivity contribution in [2.24, 2.45) is 11.5 Å². The maximum atomic E-state index is 12.1. The number of carbonyl (C=O) groups is 3. The Kier molecular flexibility index (Phi) is 11.0. The normalized spacial score (nSPS) is 13.3. The zero-order valence-electron chi connectivity index (χ0n) is 18.8. The van der Waals surface area contributed by atoms with Crippen molar-refractivity contribution in [1.82, 2.24) is 5.32 Å². The largest absolute Gasteiger partial charge is 0.444 e. The molecular weight excluding hydrogens is 402 g/mol. The van der Waals surface area contributed by atoms with E-state index in [1.807, 2.05) is 31.2 Å². The standard InChI is InChI=1S/C22H35N3O6/c1-15(18(9-10-19(23)26)25-21(28)31-22(2,3)4)30-13-17-7-5-16(6-8-17)11-12-29-14-20(24)27/h5-8,15,18H,9-14H2,1-4H3,(H2,23,26)(H2,24,27)(H,25,28)/t15-,18+/m1/s1. The van der Waals surface area contributed by atoms with Gasteiger partial charge in [0.1, 0.15) is 12.2 Å². The molecule has 2 atom stereocenters. The van der Waals surface area contributed by atoms with Gasteiger partial charge in [-0.3, -0.25) is 9.59 Å². The molecule has 0 unspecified atom stereocenters. The zero-order valence-corrected chi connectivity index (χ0v) is 18.8. The van der Waals surface area contributed by atoms with E-state index in [2.05, 4.69) is 5.32 Å². The lowest BCUT2D eigenvalue weighted by atomic mass is 10.1. The number of nitrogens with one attached hydrogen (secondary N) is 1. The number of ether oxygens (including phenoxy) is 3. The lowest BCUT2D eigenvalue weighted by Gasteiger charge is -2.27. The number of nitrogens with two attached hydrogens (primary N) is 2. The molecule has 0 bridgehead atoms. The van der Waals surface area contributed by atoms with Gasteiger partial charge >= 0.3 is 6.09 Å². The Morgan fingerprint density at radius 3 is 2.19 bits per heavy atom. The molecule has 1 rings (SSSR count). The molecule has 0 spiro atoms. The van der Waals surface area contributed by atoms with Gasteiger partial charge < -0.3 is 31.0 Å². The molecule has 0 saturated carbocycles. The Hall–Kier alpha value is -2.65. The highest BCUT2D eigenvalue weighted by molar-refractivity contribution is 5.75. The first-order valence-corrected chi connectivity index (χ1v) is 10.3. The molecule has 9 nitrogen and oxygen atoms in total. The van der Waals surface area contributed by atoms with Gasteiger partial charge in [-0.1, -0.05) is 24.3 Å². The number of hydrogen-bond donors (Lipinski definition) is 3. The lowest BCUT2D eigenvalue weighted by molar-refractivity contribution is -0.122. The second-order valence-corrected chi connectivity index (χ2v) is 8.36. The molecule has 9 heteroatoms. The first kappa shape index (κ1) is 26.4. The Bertz CT molecular complexity index is 715. The van der Waals surface area contributed by atoms with Crippen LogP contribution in [0.25, 0.3) is 0 Å². The van der Waals surface area contributed by atoms with Gasteiger partial charge in [-0.05, 0) is 51.7 Å². The van der Waals surface area contributed by atoms with Gasteiger partial charge in [0.15, 0.2) is 0 Å². The smallest absolute Gasteiger partial charge is 0.407 e. The molecule has 0 radical (unpaired) electrons. The van der Waals surface area contributed by atoms with E-state index in [4.69, 9.17) is 25.7 Å². The minimum absolute atomic E-state index is 0.0853. The van der Waals surface area contributed by atoms with Gasteiger partial charge in [0.05, 0.1) is 25.4 Å². The number of alkyl carbamates (subject to hydrolysis) is 1. The predicted octanol–water partition coefficient (Wildman–Crippen LogP) is 1.79. The number of amides is 3. The maximum absolute atomic E-state index is 12.1. The van der Waals surface area contributed by atoms with E-state index in [0.29, 0.717) is 26.1 Å². The SMILES string of the molecule is C[C@@H](OCc1ccc(CCOCC(N)=O)cc1)[C@H](CCC(N)=O)NC(=O)OC(C)(C)C. The zero-order chi connectivity index (χ0) is 23.4. The van der Waals surface area contributed by atoms with Crippen LogP contribution in [0, 0.1) is 0 Å². The molecule has 0 aromatic heterocycles. The molecule has 0 aliphatic rings. The van der Waals surface area contributed by atoms with Crippen LogP contribution in [0.2, 0.25) is 0 Å². The fourth-order valence-electron chi connectivity index (χ4n) is 2.69. The first-order chi connectivity index (χ1) is 14.5. The van der Waals surface area contributed by atoms with Crippen LogP contribution in [-0.2, 0) is 36.8 Å². The average molecular weight is 438 g/mol. The van der Waals surface area contributed by atoms with Gasteiger partial charge in [-0.2, -0.15) is 0 Å². The predicted molar refractivity (Wildman–Crippen MR) is 116 cm³/mol. The Morgan fingerprint density at radius 1 is 1.03 bits per heavy atom. The molecule has 0 aliphatic carbocycles. The van der Waals surface area contributed by atoms with Crippen LogP contribution < -0.4 is 16.8 Å². The van der Waals surface area contributed by atoms with Crippen LogP contribution in [0.3, 0.4) is 0 Å². The van der Waals surface area contributed by atoms with E-state index in [9.17, 15) is 14.4 Å². The van der Waals surface area contributed by atoms with Crippen LogP contribution in [0.1, 0.15) is 51.7 Å². The number of benzene rings is 1. The molecule has 1 aromatic carbocycles. The summed E-state index contributed by atoms with van der Waals surface area (Å²) >= 11 is 0. The quantitative estimate of drug-likeness (QED) is 0.402. The number of carbonyl (C=O) groups excluding carboxylic acids is 3. The molecule has 0 fully saturated rings. The van der Waals surface area contributed by atoms with Crippen molar-refractivity contribution >= 4 is 17.9 Å². The Balaban J connectivity index is 2.57. The fraction of sp³-hybridized carbons (Fsp3) is 0.591. The number of hydrogen-bond acceptors (Lipinski definition) is 6. The van der Waals surface area contributed by atoms with Crippen LogP contribution in [-0.4, -0.2) is 48.9 Å². The molecule has 31 heavy (non-hydrogen) atoms. The third kappa shape index (κ3) is 12.6. The van der Waals surface area contributed by atoms with E-state index in [1.165, 1.54) is 0 Å². The highest BCUT2D eigenvalue weighted by atomic mass is 16.6. The van der Waals surface area contributed by atoms with Crippen LogP contribution >= 0.6 is 0 Å². The second kappa shape index (κ2) is 12.9. The fourth-order valence-corrected chi connectivity index (χ4v) is 2.69. The third-order valence-corrected chi connectivity index (χ3v) is 4.29. The van der Waals surface area contributed by atoms with E-state index in [-0.39, 0.29) is 19.1 Å². The van der Waals surface area contributed by atoms with Crippen molar-refractivity contribution in [3.05, 3.63) is 35.4 Å². The topological polar surface area (TPSA) is 143 Å². The molecule has 0 heterocycles. The molecule has 1 aromatic rings.